The minimum absolute atomic E-state index is 0.107. The van der Waals surface area contributed by atoms with Crippen molar-refractivity contribution in [2.75, 3.05) is 20.8 Å². The number of rotatable bonds is 9. The standard InChI is InChI=1S/C21H23FN2O4/c1-14(12-25-2)28-18-9-16(20-11-21(26-3)24-23-20)8-17(10-18)27-13-15-6-4-5-7-19(15)22/h4-11,14H,12-13H2,1-3H3,(H,23,24)/t14-/m0/s1. The monoisotopic (exact) mass is 386 g/mol. The van der Waals surface area contributed by atoms with Crippen molar-refractivity contribution in [3.8, 4) is 28.6 Å². The zero-order valence-electron chi connectivity index (χ0n) is 16.1. The smallest absolute Gasteiger partial charge is 0.232 e. The van der Waals surface area contributed by atoms with E-state index >= 15 is 0 Å². The average Bonchev–Trinajstić information content (AvgIpc) is 3.17. The molecule has 1 aromatic heterocycles. The van der Waals surface area contributed by atoms with E-state index in [1.807, 2.05) is 19.1 Å². The van der Waals surface area contributed by atoms with Crippen LogP contribution in [0.4, 0.5) is 4.39 Å². The van der Waals surface area contributed by atoms with Crippen molar-refractivity contribution in [3.63, 3.8) is 0 Å². The van der Waals surface area contributed by atoms with Gasteiger partial charge in [-0.3, -0.25) is 5.10 Å². The maximum Gasteiger partial charge on any atom is 0.232 e. The summed E-state index contributed by atoms with van der Waals surface area (Å²) in [6.07, 6.45) is -0.143. The van der Waals surface area contributed by atoms with Crippen LogP contribution in [0.25, 0.3) is 11.3 Å². The Morgan fingerprint density at radius 1 is 1.07 bits per heavy atom. The van der Waals surface area contributed by atoms with Crippen LogP contribution in [0, 0.1) is 5.82 Å². The molecule has 28 heavy (non-hydrogen) atoms. The maximum absolute atomic E-state index is 13.9. The molecule has 0 bridgehead atoms. The fourth-order valence-corrected chi connectivity index (χ4v) is 2.71. The molecule has 0 aliphatic carbocycles. The highest BCUT2D eigenvalue weighted by Crippen LogP contribution is 2.31. The largest absolute Gasteiger partial charge is 0.489 e. The van der Waals surface area contributed by atoms with Gasteiger partial charge in [0.05, 0.1) is 19.4 Å². The van der Waals surface area contributed by atoms with Gasteiger partial charge in [0.1, 0.15) is 30.0 Å². The van der Waals surface area contributed by atoms with Crippen LogP contribution in [0.15, 0.2) is 48.5 Å². The lowest BCUT2D eigenvalue weighted by atomic mass is 10.1. The third-order valence-corrected chi connectivity index (χ3v) is 4.05. The second-order valence-electron chi connectivity index (χ2n) is 6.28. The quantitative estimate of drug-likeness (QED) is 0.597. The zero-order chi connectivity index (χ0) is 19.9. The number of aromatic amines is 1. The molecule has 7 heteroatoms. The van der Waals surface area contributed by atoms with Gasteiger partial charge in [0.15, 0.2) is 0 Å². The number of H-pyrrole nitrogens is 1. The Kier molecular flexibility index (Phi) is 6.49. The van der Waals surface area contributed by atoms with Gasteiger partial charge < -0.3 is 18.9 Å². The van der Waals surface area contributed by atoms with Gasteiger partial charge >= 0.3 is 0 Å². The average molecular weight is 386 g/mol. The minimum atomic E-state index is -0.304. The molecule has 0 aliphatic rings. The molecule has 0 aliphatic heterocycles. The molecule has 0 saturated heterocycles. The van der Waals surface area contributed by atoms with Gasteiger partial charge in [-0.15, -0.1) is 5.10 Å². The summed E-state index contributed by atoms with van der Waals surface area (Å²) in [4.78, 5) is 0. The first kappa shape index (κ1) is 19.7. The van der Waals surface area contributed by atoms with Gasteiger partial charge in [0.2, 0.25) is 5.88 Å². The van der Waals surface area contributed by atoms with Gasteiger partial charge in [-0.05, 0) is 25.1 Å². The molecule has 148 valence electrons. The predicted octanol–water partition coefficient (Wildman–Crippen LogP) is 4.22. The molecule has 0 spiro atoms. The number of aromatic nitrogens is 2. The van der Waals surface area contributed by atoms with Crippen LogP contribution in [0.3, 0.4) is 0 Å². The molecule has 0 radical (unpaired) electrons. The van der Waals surface area contributed by atoms with Gasteiger partial charge in [-0.1, -0.05) is 18.2 Å². The van der Waals surface area contributed by atoms with Gasteiger partial charge in [0.25, 0.3) is 0 Å². The van der Waals surface area contributed by atoms with E-state index in [1.165, 1.54) is 6.07 Å². The Bertz CT molecular complexity index is 913. The fourth-order valence-electron chi connectivity index (χ4n) is 2.71. The van der Waals surface area contributed by atoms with E-state index in [4.69, 9.17) is 18.9 Å². The molecular weight excluding hydrogens is 363 g/mol. The summed E-state index contributed by atoms with van der Waals surface area (Å²) in [7, 11) is 3.17. The first-order valence-electron chi connectivity index (χ1n) is 8.85. The lowest BCUT2D eigenvalue weighted by Crippen LogP contribution is -2.18. The Morgan fingerprint density at radius 2 is 1.86 bits per heavy atom. The van der Waals surface area contributed by atoms with Crippen molar-refractivity contribution >= 4 is 0 Å². The molecule has 1 heterocycles. The van der Waals surface area contributed by atoms with Crippen LogP contribution >= 0.6 is 0 Å². The van der Waals surface area contributed by atoms with E-state index in [2.05, 4.69) is 10.2 Å². The number of nitrogens with one attached hydrogen (secondary N) is 1. The Hall–Kier alpha value is -3.06. The summed E-state index contributed by atoms with van der Waals surface area (Å²) in [5.41, 5.74) is 2.03. The molecule has 0 fully saturated rings. The molecular formula is C21H23FN2O4. The van der Waals surface area contributed by atoms with Crippen LogP contribution in [0.5, 0.6) is 17.4 Å². The molecule has 2 aromatic carbocycles. The molecule has 0 amide bonds. The third-order valence-electron chi connectivity index (χ3n) is 4.05. The fraction of sp³-hybridized carbons (Fsp3) is 0.286. The molecule has 1 N–H and O–H groups in total. The first-order chi connectivity index (χ1) is 13.6. The number of hydrogen-bond acceptors (Lipinski definition) is 5. The first-order valence-corrected chi connectivity index (χ1v) is 8.85. The predicted molar refractivity (Wildman–Crippen MR) is 103 cm³/mol. The molecule has 0 unspecified atom stereocenters. The van der Waals surface area contributed by atoms with Crippen LogP contribution in [-0.2, 0) is 11.3 Å². The van der Waals surface area contributed by atoms with Crippen molar-refractivity contribution in [1.29, 1.82) is 0 Å². The SMILES string of the molecule is COC[C@H](C)Oc1cc(OCc2ccccc2F)cc(-c2cc(OC)n[nH]2)c1. The van der Waals surface area contributed by atoms with Crippen LogP contribution < -0.4 is 14.2 Å². The highest BCUT2D eigenvalue weighted by Gasteiger charge is 2.12. The lowest BCUT2D eigenvalue weighted by molar-refractivity contribution is 0.0919. The summed E-state index contributed by atoms with van der Waals surface area (Å²) < 4.78 is 35.9. The summed E-state index contributed by atoms with van der Waals surface area (Å²) in [5.74, 6) is 1.33. The highest BCUT2D eigenvalue weighted by atomic mass is 19.1. The third kappa shape index (κ3) is 5.01. The van der Waals surface area contributed by atoms with Crippen molar-refractivity contribution < 1.29 is 23.3 Å². The second-order valence-corrected chi connectivity index (χ2v) is 6.28. The molecule has 3 aromatic rings. The van der Waals surface area contributed by atoms with E-state index in [1.54, 1.807) is 44.6 Å². The normalized spacial score (nSPS) is 11.9. The van der Waals surface area contributed by atoms with E-state index < -0.39 is 0 Å². The van der Waals surface area contributed by atoms with Crippen LogP contribution in [0.1, 0.15) is 12.5 Å². The molecule has 6 nitrogen and oxygen atoms in total. The lowest BCUT2D eigenvalue weighted by Gasteiger charge is -2.16. The summed E-state index contributed by atoms with van der Waals surface area (Å²) in [6.45, 7) is 2.47. The van der Waals surface area contributed by atoms with E-state index in [-0.39, 0.29) is 18.5 Å². The molecule has 3 rings (SSSR count). The van der Waals surface area contributed by atoms with Crippen molar-refractivity contribution in [2.45, 2.75) is 19.6 Å². The summed E-state index contributed by atoms with van der Waals surface area (Å²) in [6, 6.07) is 13.8. The summed E-state index contributed by atoms with van der Waals surface area (Å²) >= 11 is 0. The van der Waals surface area contributed by atoms with Gasteiger partial charge in [0, 0.05) is 30.4 Å². The number of nitrogens with zero attached hydrogens (tertiary/aromatic N) is 1. The number of methoxy groups -OCH3 is 2. The Labute approximate surface area is 163 Å². The van der Waals surface area contributed by atoms with E-state index in [9.17, 15) is 4.39 Å². The maximum atomic E-state index is 13.9. The molecule has 1 atom stereocenters. The van der Waals surface area contributed by atoms with Crippen LogP contribution in [-0.4, -0.2) is 37.1 Å². The Balaban J connectivity index is 1.86. The van der Waals surface area contributed by atoms with Gasteiger partial charge in [-0.25, -0.2) is 4.39 Å². The van der Waals surface area contributed by atoms with Crippen molar-refractivity contribution in [3.05, 3.63) is 59.9 Å². The highest BCUT2D eigenvalue weighted by molar-refractivity contribution is 5.64. The Morgan fingerprint density at radius 3 is 2.57 bits per heavy atom. The number of benzene rings is 2. The van der Waals surface area contributed by atoms with Gasteiger partial charge in [-0.2, -0.15) is 0 Å². The minimum Gasteiger partial charge on any atom is -0.489 e. The van der Waals surface area contributed by atoms with Crippen LogP contribution in [0.2, 0.25) is 0 Å². The second kappa shape index (κ2) is 9.23. The zero-order valence-corrected chi connectivity index (χ0v) is 16.1. The number of ether oxygens (including phenoxy) is 4. The number of halogens is 1. The van der Waals surface area contributed by atoms with Crippen molar-refractivity contribution in [1.82, 2.24) is 10.2 Å². The summed E-state index contributed by atoms with van der Waals surface area (Å²) in [5, 5.41) is 6.99. The molecule has 0 saturated carbocycles. The van der Waals surface area contributed by atoms with E-state index in [0.29, 0.717) is 29.5 Å². The van der Waals surface area contributed by atoms with E-state index in [0.717, 1.165) is 11.3 Å². The van der Waals surface area contributed by atoms with Crippen molar-refractivity contribution in [2.24, 2.45) is 0 Å². The topological polar surface area (TPSA) is 65.6 Å². The number of hydrogen-bond donors (Lipinski definition) is 1.